The number of benzene rings is 1. The predicted octanol–water partition coefficient (Wildman–Crippen LogP) is 3.54. The monoisotopic (exact) mass is 289 g/mol. The molecular weight excluding hydrogens is 277 g/mol. The molecular formula is C11H13BrClNO. The third kappa shape index (κ3) is 2.30. The molecule has 1 aliphatic rings. The van der Waals surface area contributed by atoms with Crippen molar-refractivity contribution in [3.8, 4) is 5.75 Å². The highest BCUT2D eigenvalue weighted by Gasteiger charge is 2.23. The molecule has 1 N–H and O–H groups in total. The van der Waals surface area contributed by atoms with Crippen LogP contribution in [0.3, 0.4) is 0 Å². The summed E-state index contributed by atoms with van der Waals surface area (Å²) in [6.45, 7) is 3.81. The zero-order valence-corrected chi connectivity index (χ0v) is 10.9. The number of nitrogens with one attached hydrogen (secondary N) is 1. The van der Waals surface area contributed by atoms with Gasteiger partial charge in [-0.1, -0.05) is 18.5 Å². The molecule has 1 aromatic rings. The molecule has 0 fully saturated rings. The molecule has 82 valence electrons. The van der Waals surface area contributed by atoms with E-state index in [1.165, 1.54) is 0 Å². The molecule has 1 atom stereocenters. The van der Waals surface area contributed by atoms with Gasteiger partial charge in [-0.25, -0.2) is 0 Å². The fraction of sp³-hybridized carbons (Fsp3) is 0.455. The number of rotatable bonds is 2. The maximum Gasteiger partial charge on any atom is 0.138 e. The lowest BCUT2D eigenvalue weighted by molar-refractivity contribution is 0.252. The molecule has 0 aromatic heterocycles. The Morgan fingerprint density at radius 2 is 2.40 bits per heavy atom. The SMILES string of the molecule is CCNC1CCOc2c(Br)cc(Cl)cc21. The minimum absolute atomic E-state index is 0.355. The van der Waals surface area contributed by atoms with Gasteiger partial charge in [0, 0.05) is 23.0 Å². The molecule has 1 unspecified atom stereocenters. The molecule has 2 nitrogen and oxygen atoms in total. The second-order valence-corrected chi connectivity index (χ2v) is 4.84. The molecule has 0 saturated carbocycles. The Balaban J connectivity index is 2.41. The van der Waals surface area contributed by atoms with Crippen LogP contribution in [0.4, 0.5) is 0 Å². The highest BCUT2D eigenvalue weighted by molar-refractivity contribution is 9.10. The van der Waals surface area contributed by atoms with Crippen LogP contribution >= 0.6 is 27.5 Å². The molecule has 1 aromatic carbocycles. The third-order valence-electron chi connectivity index (χ3n) is 2.52. The van der Waals surface area contributed by atoms with Crippen LogP contribution in [0.5, 0.6) is 5.75 Å². The summed E-state index contributed by atoms with van der Waals surface area (Å²) in [5.41, 5.74) is 1.16. The van der Waals surface area contributed by atoms with Crippen molar-refractivity contribution in [2.75, 3.05) is 13.2 Å². The van der Waals surface area contributed by atoms with E-state index < -0.39 is 0 Å². The van der Waals surface area contributed by atoms with E-state index in [9.17, 15) is 0 Å². The molecule has 0 bridgehead atoms. The zero-order chi connectivity index (χ0) is 10.8. The van der Waals surface area contributed by atoms with E-state index in [-0.39, 0.29) is 0 Å². The molecule has 2 rings (SSSR count). The first kappa shape index (κ1) is 11.2. The van der Waals surface area contributed by atoms with E-state index in [2.05, 4.69) is 28.2 Å². The summed E-state index contributed by atoms with van der Waals surface area (Å²) in [7, 11) is 0. The summed E-state index contributed by atoms with van der Waals surface area (Å²) >= 11 is 9.51. The molecule has 4 heteroatoms. The lowest BCUT2D eigenvalue weighted by Gasteiger charge is -2.27. The van der Waals surface area contributed by atoms with Gasteiger partial charge in [0.25, 0.3) is 0 Å². The predicted molar refractivity (Wildman–Crippen MR) is 65.7 cm³/mol. The number of hydrogen-bond acceptors (Lipinski definition) is 2. The Kier molecular flexibility index (Phi) is 3.54. The Bertz CT molecular complexity index is 370. The zero-order valence-electron chi connectivity index (χ0n) is 8.52. The summed E-state index contributed by atoms with van der Waals surface area (Å²) in [5.74, 6) is 0.927. The van der Waals surface area contributed by atoms with E-state index in [0.717, 1.165) is 40.4 Å². The standard InChI is InChI=1S/C11H13BrClNO/c1-2-14-10-3-4-15-11-8(10)5-7(13)6-9(11)12/h5-6,10,14H,2-4H2,1H3. The van der Waals surface area contributed by atoms with Crippen molar-refractivity contribution in [3.05, 3.63) is 27.2 Å². The van der Waals surface area contributed by atoms with Gasteiger partial charge in [-0.15, -0.1) is 0 Å². The van der Waals surface area contributed by atoms with E-state index in [1.807, 2.05) is 12.1 Å². The van der Waals surface area contributed by atoms with Crippen LogP contribution < -0.4 is 10.1 Å². The quantitative estimate of drug-likeness (QED) is 0.899. The van der Waals surface area contributed by atoms with Crippen molar-refractivity contribution in [1.29, 1.82) is 0 Å². The second kappa shape index (κ2) is 4.73. The van der Waals surface area contributed by atoms with Crippen LogP contribution in [-0.2, 0) is 0 Å². The smallest absolute Gasteiger partial charge is 0.138 e. The van der Waals surface area contributed by atoms with Crippen LogP contribution in [0.1, 0.15) is 24.9 Å². The first-order valence-electron chi connectivity index (χ1n) is 5.07. The van der Waals surface area contributed by atoms with Crippen LogP contribution in [-0.4, -0.2) is 13.2 Å². The average molecular weight is 291 g/mol. The van der Waals surface area contributed by atoms with Gasteiger partial charge in [0.2, 0.25) is 0 Å². The average Bonchev–Trinajstić information content (AvgIpc) is 2.19. The summed E-state index contributed by atoms with van der Waals surface area (Å²) in [6, 6.07) is 4.21. The van der Waals surface area contributed by atoms with Crippen LogP contribution in [0, 0.1) is 0 Å². The Morgan fingerprint density at radius 1 is 1.60 bits per heavy atom. The first-order chi connectivity index (χ1) is 7.22. The Labute approximate surface area is 103 Å². The molecule has 0 amide bonds. The van der Waals surface area contributed by atoms with Crippen LogP contribution in [0.25, 0.3) is 0 Å². The van der Waals surface area contributed by atoms with E-state index in [4.69, 9.17) is 16.3 Å². The highest BCUT2D eigenvalue weighted by Crippen LogP contribution is 2.39. The summed E-state index contributed by atoms with van der Waals surface area (Å²) in [5, 5.41) is 4.18. The van der Waals surface area contributed by atoms with Crippen molar-refractivity contribution in [3.63, 3.8) is 0 Å². The van der Waals surface area contributed by atoms with Gasteiger partial charge in [0.1, 0.15) is 5.75 Å². The highest BCUT2D eigenvalue weighted by atomic mass is 79.9. The number of ether oxygens (including phenoxy) is 1. The topological polar surface area (TPSA) is 21.3 Å². The minimum atomic E-state index is 0.355. The van der Waals surface area contributed by atoms with Gasteiger partial charge >= 0.3 is 0 Å². The van der Waals surface area contributed by atoms with Gasteiger partial charge in [-0.2, -0.15) is 0 Å². The molecule has 0 saturated heterocycles. The molecule has 0 aliphatic carbocycles. The van der Waals surface area contributed by atoms with Crippen LogP contribution in [0.15, 0.2) is 16.6 Å². The van der Waals surface area contributed by atoms with Gasteiger partial charge in [-0.05, 0) is 34.6 Å². The van der Waals surface area contributed by atoms with Crippen molar-refractivity contribution in [1.82, 2.24) is 5.32 Å². The molecule has 1 heterocycles. The first-order valence-corrected chi connectivity index (χ1v) is 6.24. The molecule has 15 heavy (non-hydrogen) atoms. The minimum Gasteiger partial charge on any atom is -0.492 e. The second-order valence-electron chi connectivity index (χ2n) is 3.55. The van der Waals surface area contributed by atoms with Crippen LogP contribution in [0.2, 0.25) is 5.02 Å². The maximum atomic E-state index is 6.03. The number of hydrogen-bond donors (Lipinski definition) is 1. The Morgan fingerprint density at radius 3 is 3.13 bits per heavy atom. The lowest BCUT2D eigenvalue weighted by Crippen LogP contribution is -2.27. The summed E-state index contributed by atoms with van der Waals surface area (Å²) in [4.78, 5) is 0. The summed E-state index contributed by atoms with van der Waals surface area (Å²) in [6.07, 6.45) is 0.994. The van der Waals surface area contributed by atoms with Crippen molar-refractivity contribution < 1.29 is 4.74 Å². The normalized spacial score (nSPS) is 19.5. The molecule has 0 radical (unpaired) electrons. The molecule has 1 aliphatic heterocycles. The van der Waals surface area contributed by atoms with E-state index >= 15 is 0 Å². The lowest BCUT2D eigenvalue weighted by atomic mass is 10.0. The summed E-state index contributed by atoms with van der Waals surface area (Å²) < 4.78 is 6.58. The fourth-order valence-corrected chi connectivity index (χ4v) is 2.83. The maximum absolute atomic E-state index is 6.03. The fourth-order valence-electron chi connectivity index (χ4n) is 1.88. The van der Waals surface area contributed by atoms with E-state index in [1.54, 1.807) is 0 Å². The number of halogens is 2. The number of fused-ring (bicyclic) bond motifs is 1. The van der Waals surface area contributed by atoms with Gasteiger partial charge in [-0.3, -0.25) is 0 Å². The Hall–Kier alpha value is -0.250. The van der Waals surface area contributed by atoms with Gasteiger partial charge in [0.05, 0.1) is 11.1 Å². The largest absolute Gasteiger partial charge is 0.492 e. The van der Waals surface area contributed by atoms with Crippen molar-refractivity contribution in [2.24, 2.45) is 0 Å². The van der Waals surface area contributed by atoms with Crippen molar-refractivity contribution in [2.45, 2.75) is 19.4 Å². The van der Waals surface area contributed by atoms with Gasteiger partial charge in [0.15, 0.2) is 0 Å². The van der Waals surface area contributed by atoms with Crippen molar-refractivity contribution >= 4 is 27.5 Å². The third-order valence-corrected chi connectivity index (χ3v) is 3.32. The molecule has 0 spiro atoms. The van der Waals surface area contributed by atoms with E-state index in [0.29, 0.717) is 6.04 Å². The van der Waals surface area contributed by atoms with Gasteiger partial charge < -0.3 is 10.1 Å².